The summed E-state index contributed by atoms with van der Waals surface area (Å²) >= 11 is 0.409. The van der Waals surface area contributed by atoms with E-state index >= 15 is 0 Å². The molecular weight excluding hydrogens is 507 g/mol. The fourth-order valence-electron chi connectivity index (χ4n) is 3.56. The Hall–Kier alpha value is -4.40. The largest absolute Gasteiger partial charge is 0.328 e. The fourth-order valence-corrected chi connectivity index (χ4v) is 4.39. The van der Waals surface area contributed by atoms with Gasteiger partial charge in [0, 0.05) is 20.2 Å². The number of rotatable bonds is 5. The molecule has 3 aromatic rings. The van der Waals surface area contributed by atoms with Crippen LogP contribution in [0.1, 0.15) is 5.56 Å². The third kappa shape index (κ3) is 4.13. The number of imidazole rings is 1. The lowest BCUT2D eigenvalue weighted by Gasteiger charge is -2.13. The number of aryl methyl sites for hydroxylation is 2. The zero-order valence-electron chi connectivity index (χ0n) is 18.4. The Kier molecular flexibility index (Phi) is 6.17. The van der Waals surface area contributed by atoms with Gasteiger partial charge in [-0.15, -0.1) is 0 Å². The number of fused-ring (bicyclic) bond motifs is 1. The maximum atomic E-state index is 13.8. The highest BCUT2D eigenvalue weighted by Gasteiger charge is 2.37. The maximum absolute atomic E-state index is 13.8. The van der Waals surface area contributed by atoms with E-state index in [2.05, 4.69) is 0 Å². The van der Waals surface area contributed by atoms with Gasteiger partial charge in [-0.05, 0) is 36.0 Å². The SMILES string of the molecule is Cn1c(=O)n(C)c2cc([N+](=O)[O-])c(/C=C3\SC(=O)N(CC(=O)Nc4ccc(F)c(F)c4F)C3=O)cc21. The molecule has 1 fully saturated rings. The number of carbonyl (C=O) groups is 3. The van der Waals surface area contributed by atoms with Gasteiger partial charge in [-0.1, -0.05) is 0 Å². The predicted octanol–water partition coefficient (Wildman–Crippen LogP) is 2.88. The Labute approximate surface area is 202 Å². The molecule has 1 saturated heterocycles. The van der Waals surface area contributed by atoms with Gasteiger partial charge in [0.15, 0.2) is 17.5 Å². The molecule has 0 atom stereocenters. The number of hydrogen-bond acceptors (Lipinski definition) is 7. The first kappa shape index (κ1) is 24.7. The topological polar surface area (TPSA) is 137 Å². The first-order valence-electron chi connectivity index (χ1n) is 9.93. The summed E-state index contributed by atoms with van der Waals surface area (Å²) in [6, 6.07) is 3.84. The van der Waals surface area contributed by atoms with Gasteiger partial charge in [-0.2, -0.15) is 0 Å². The summed E-state index contributed by atoms with van der Waals surface area (Å²) < 4.78 is 42.7. The van der Waals surface area contributed by atoms with Crippen LogP contribution < -0.4 is 11.0 Å². The maximum Gasteiger partial charge on any atom is 0.328 e. The smallest absolute Gasteiger partial charge is 0.322 e. The van der Waals surface area contributed by atoms with Crippen molar-refractivity contribution in [2.24, 2.45) is 14.1 Å². The lowest BCUT2D eigenvalue weighted by molar-refractivity contribution is -0.385. The summed E-state index contributed by atoms with van der Waals surface area (Å²) in [6.45, 7) is -0.880. The second kappa shape index (κ2) is 8.99. The Balaban J connectivity index is 1.62. The number of imide groups is 1. The summed E-state index contributed by atoms with van der Waals surface area (Å²) in [4.78, 5) is 60.7. The number of hydrogen-bond donors (Lipinski definition) is 1. The number of benzene rings is 2. The molecule has 0 saturated carbocycles. The van der Waals surface area contributed by atoms with Crippen molar-refractivity contribution in [1.29, 1.82) is 0 Å². The Morgan fingerprint density at radius 1 is 1.08 bits per heavy atom. The number of halogens is 3. The number of aromatic nitrogens is 2. The molecule has 186 valence electrons. The molecule has 0 radical (unpaired) electrons. The van der Waals surface area contributed by atoms with Gasteiger partial charge in [0.05, 0.1) is 32.1 Å². The van der Waals surface area contributed by atoms with Crippen molar-refractivity contribution >= 4 is 57.3 Å². The third-order valence-electron chi connectivity index (χ3n) is 5.39. The van der Waals surface area contributed by atoms with Crippen LogP contribution in [0.5, 0.6) is 0 Å². The summed E-state index contributed by atoms with van der Waals surface area (Å²) in [5, 5.41) is 12.7. The van der Waals surface area contributed by atoms with Crippen molar-refractivity contribution in [3.63, 3.8) is 0 Å². The van der Waals surface area contributed by atoms with E-state index in [1.165, 1.54) is 29.3 Å². The second-order valence-electron chi connectivity index (χ2n) is 7.60. The highest BCUT2D eigenvalue weighted by Crippen LogP contribution is 2.35. The number of nitro benzene ring substituents is 1. The van der Waals surface area contributed by atoms with Crippen LogP contribution in [0.2, 0.25) is 0 Å². The van der Waals surface area contributed by atoms with Crippen molar-refractivity contribution in [2.45, 2.75) is 0 Å². The number of nitro groups is 1. The minimum Gasteiger partial charge on any atom is -0.322 e. The van der Waals surface area contributed by atoms with Crippen molar-refractivity contribution in [3.05, 3.63) is 72.8 Å². The van der Waals surface area contributed by atoms with Crippen LogP contribution in [0, 0.1) is 27.6 Å². The van der Waals surface area contributed by atoms with Crippen LogP contribution in [0.3, 0.4) is 0 Å². The molecule has 1 N–H and O–H groups in total. The van der Waals surface area contributed by atoms with Crippen LogP contribution in [0.4, 0.5) is 29.3 Å². The average Bonchev–Trinajstić information content (AvgIpc) is 3.20. The van der Waals surface area contributed by atoms with Crippen molar-refractivity contribution in [1.82, 2.24) is 14.0 Å². The van der Waals surface area contributed by atoms with Crippen LogP contribution in [0.15, 0.2) is 34.0 Å². The quantitative estimate of drug-likeness (QED) is 0.236. The molecule has 0 aliphatic carbocycles. The van der Waals surface area contributed by atoms with E-state index in [-0.39, 0.29) is 16.0 Å². The lowest BCUT2D eigenvalue weighted by Crippen LogP contribution is -2.36. The summed E-state index contributed by atoms with van der Waals surface area (Å²) in [5.41, 5.74) is -0.999. The van der Waals surface area contributed by atoms with Gasteiger partial charge in [0.25, 0.3) is 16.8 Å². The number of nitrogens with one attached hydrogen (secondary N) is 1. The first-order chi connectivity index (χ1) is 16.9. The van der Waals surface area contributed by atoms with E-state index in [1.807, 2.05) is 5.32 Å². The normalized spacial score (nSPS) is 14.8. The summed E-state index contributed by atoms with van der Waals surface area (Å²) in [5.74, 6) is -6.96. The molecule has 2 heterocycles. The number of carbonyl (C=O) groups excluding carboxylic acids is 3. The molecular formula is C21H14F3N5O6S. The van der Waals surface area contributed by atoms with Gasteiger partial charge < -0.3 is 5.32 Å². The molecule has 1 aromatic heterocycles. The van der Waals surface area contributed by atoms with E-state index in [4.69, 9.17) is 0 Å². The standard InChI is InChI=1S/C21H14F3N5O6S/c1-26-13-5-9(12(29(34)35)7-14(13)27(2)20(26)32)6-15-19(31)28(21(33)36-15)8-16(30)25-11-4-3-10(22)17(23)18(11)24/h3-7H,8H2,1-2H3,(H,25,30)/b15-6-. The van der Waals surface area contributed by atoms with Crippen molar-refractivity contribution in [2.75, 3.05) is 11.9 Å². The van der Waals surface area contributed by atoms with E-state index < -0.39 is 63.0 Å². The summed E-state index contributed by atoms with van der Waals surface area (Å²) in [7, 11) is 2.90. The van der Waals surface area contributed by atoms with Gasteiger partial charge >= 0.3 is 5.69 Å². The third-order valence-corrected chi connectivity index (χ3v) is 6.30. The van der Waals surface area contributed by atoms with Gasteiger partial charge in [0.1, 0.15) is 6.54 Å². The number of amides is 3. The highest BCUT2D eigenvalue weighted by molar-refractivity contribution is 8.18. The predicted molar refractivity (Wildman–Crippen MR) is 122 cm³/mol. The van der Waals surface area contributed by atoms with Crippen molar-refractivity contribution < 1.29 is 32.5 Å². The number of anilines is 1. The molecule has 1 aliphatic heterocycles. The van der Waals surface area contributed by atoms with E-state index in [0.717, 1.165) is 18.2 Å². The molecule has 15 heteroatoms. The average molecular weight is 521 g/mol. The van der Waals surface area contributed by atoms with Crippen LogP contribution in [-0.2, 0) is 23.7 Å². The fraction of sp³-hybridized carbons (Fsp3) is 0.143. The zero-order chi connectivity index (χ0) is 26.5. The van der Waals surface area contributed by atoms with Crippen LogP contribution >= 0.6 is 11.8 Å². The molecule has 4 rings (SSSR count). The Morgan fingerprint density at radius 2 is 1.72 bits per heavy atom. The lowest BCUT2D eigenvalue weighted by atomic mass is 10.1. The molecule has 0 bridgehead atoms. The molecule has 0 spiro atoms. The molecule has 3 amide bonds. The van der Waals surface area contributed by atoms with E-state index in [0.29, 0.717) is 28.2 Å². The van der Waals surface area contributed by atoms with Crippen LogP contribution in [0.25, 0.3) is 17.1 Å². The highest BCUT2D eigenvalue weighted by atomic mass is 32.2. The van der Waals surface area contributed by atoms with Crippen molar-refractivity contribution in [3.8, 4) is 0 Å². The molecule has 2 aromatic carbocycles. The molecule has 36 heavy (non-hydrogen) atoms. The van der Waals surface area contributed by atoms with Gasteiger partial charge in [-0.3, -0.25) is 38.5 Å². The Bertz CT molecular complexity index is 1600. The second-order valence-corrected chi connectivity index (χ2v) is 8.59. The molecule has 0 unspecified atom stereocenters. The molecule has 11 nitrogen and oxygen atoms in total. The minimum absolute atomic E-state index is 0.0625. The molecule has 1 aliphatic rings. The Morgan fingerprint density at radius 3 is 2.36 bits per heavy atom. The summed E-state index contributed by atoms with van der Waals surface area (Å²) in [6.07, 6.45) is 1.09. The monoisotopic (exact) mass is 521 g/mol. The van der Waals surface area contributed by atoms with E-state index in [1.54, 1.807) is 0 Å². The zero-order valence-corrected chi connectivity index (χ0v) is 19.2. The van der Waals surface area contributed by atoms with Gasteiger partial charge in [-0.25, -0.2) is 18.0 Å². The van der Waals surface area contributed by atoms with E-state index in [9.17, 15) is 42.5 Å². The number of nitrogens with zero attached hydrogens (tertiary/aromatic N) is 4. The first-order valence-corrected chi connectivity index (χ1v) is 10.7. The number of thioether (sulfide) groups is 1. The minimum atomic E-state index is -1.81. The van der Waals surface area contributed by atoms with Crippen LogP contribution in [-0.4, -0.2) is 42.6 Å². The van der Waals surface area contributed by atoms with Gasteiger partial charge in [0.2, 0.25) is 5.91 Å².